The first kappa shape index (κ1) is 24.1. The van der Waals surface area contributed by atoms with E-state index in [1.165, 1.54) is 38.5 Å². The molecule has 0 atom stereocenters. The summed E-state index contributed by atoms with van der Waals surface area (Å²) in [6.07, 6.45) is 0.813. The van der Waals surface area contributed by atoms with Crippen molar-refractivity contribution >= 4 is 0 Å². The molecule has 3 rings (SSSR count). The highest BCUT2D eigenvalue weighted by Crippen LogP contribution is 2.46. The predicted molar refractivity (Wildman–Crippen MR) is 104 cm³/mol. The zero-order valence-corrected chi connectivity index (χ0v) is 17.7. The van der Waals surface area contributed by atoms with Crippen molar-refractivity contribution in [2.75, 3.05) is 0 Å². The molecule has 31 heavy (non-hydrogen) atoms. The van der Waals surface area contributed by atoms with E-state index in [2.05, 4.69) is 11.7 Å². The minimum Gasteiger partial charge on any atom is -0.432 e. The first-order chi connectivity index (χ1) is 14.6. The second-order valence-corrected chi connectivity index (χ2v) is 8.99. The van der Waals surface area contributed by atoms with Gasteiger partial charge < -0.3 is 9.47 Å². The number of hydrogen-bond donors (Lipinski definition) is 0. The van der Waals surface area contributed by atoms with Gasteiger partial charge in [-0.2, -0.15) is 8.78 Å². The summed E-state index contributed by atoms with van der Waals surface area (Å²) in [5, 5.41) is 0. The molecule has 0 amide bonds. The van der Waals surface area contributed by atoms with Crippen molar-refractivity contribution in [2.24, 2.45) is 23.7 Å². The van der Waals surface area contributed by atoms with Crippen LogP contribution in [0, 0.1) is 29.5 Å². The Kier molecular flexibility index (Phi) is 7.68. The fraction of sp³-hybridized carbons (Fsp3) is 0.739. The average molecular weight is 452 g/mol. The maximum absolute atomic E-state index is 14.6. The van der Waals surface area contributed by atoms with E-state index in [0.717, 1.165) is 24.8 Å². The molecule has 0 aromatic heterocycles. The smallest absolute Gasteiger partial charge is 0.432 e. The van der Waals surface area contributed by atoms with Crippen molar-refractivity contribution < 1.29 is 35.8 Å². The Morgan fingerprint density at radius 2 is 1.42 bits per heavy atom. The summed E-state index contributed by atoms with van der Waals surface area (Å²) < 4.78 is 87.9. The Morgan fingerprint density at radius 3 is 1.94 bits per heavy atom. The summed E-state index contributed by atoms with van der Waals surface area (Å²) in [6.45, 7) is 2.20. The van der Waals surface area contributed by atoms with Crippen LogP contribution in [0.4, 0.5) is 26.3 Å². The zero-order valence-electron chi connectivity index (χ0n) is 17.7. The maximum Gasteiger partial charge on any atom is 0.573 e. The summed E-state index contributed by atoms with van der Waals surface area (Å²) in [6, 6.07) is 1.99. The van der Waals surface area contributed by atoms with Crippen LogP contribution in [0.1, 0.15) is 71.1 Å². The molecule has 0 spiro atoms. The van der Waals surface area contributed by atoms with Gasteiger partial charge in [0, 0.05) is 6.07 Å². The van der Waals surface area contributed by atoms with E-state index in [1.54, 1.807) is 0 Å². The van der Waals surface area contributed by atoms with Gasteiger partial charge in [-0.25, -0.2) is 4.39 Å². The van der Waals surface area contributed by atoms with Gasteiger partial charge in [0.25, 0.3) is 0 Å². The second-order valence-electron chi connectivity index (χ2n) is 8.99. The Bertz CT molecular complexity index is 705. The number of benzene rings is 1. The van der Waals surface area contributed by atoms with Crippen molar-refractivity contribution in [3.05, 3.63) is 24.0 Å². The van der Waals surface area contributed by atoms with Crippen LogP contribution in [0.25, 0.3) is 0 Å². The molecule has 1 aromatic rings. The van der Waals surface area contributed by atoms with E-state index in [9.17, 15) is 26.3 Å². The molecule has 0 heterocycles. The van der Waals surface area contributed by atoms with Crippen molar-refractivity contribution in [1.82, 2.24) is 0 Å². The third kappa shape index (κ3) is 6.69. The van der Waals surface area contributed by atoms with Gasteiger partial charge >= 0.3 is 12.5 Å². The summed E-state index contributed by atoms with van der Waals surface area (Å²) in [5.41, 5.74) is 0. The summed E-state index contributed by atoms with van der Waals surface area (Å²) in [7, 11) is 0. The van der Waals surface area contributed by atoms with Crippen LogP contribution in [0.15, 0.2) is 18.2 Å². The van der Waals surface area contributed by atoms with E-state index in [0.29, 0.717) is 36.8 Å². The molecule has 2 aliphatic rings. The van der Waals surface area contributed by atoms with Crippen LogP contribution in [-0.2, 0) is 0 Å². The zero-order chi connectivity index (χ0) is 22.6. The van der Waals surface area contributed by atoms with Crippen molar-refractivity contribution in [3.63, 3.8) is 0 Å². The molecule has 0 bridgehead atoms. The van der Waals surface area contributed by atoms with Crippen LogP contribution in [0.2, 0.25) is 0 Å². The summed E-state index contributed by atoms with van der Waals surface area (Å²) in [5.74, 6) is -2.12. The Labute approximate surface area is 179 Å². The number of rotatable bonds is 7. The molecule has 0 radical (unpaired) electrons. The van der Waals surface area contributed by atoms with Gasteiger partial charge in [0.05, 0.1) is 5.92 Å². The van der Waals surface area contributed by atoms with Crippen LogP contribution >= 0.6 is 0 Å². The monoisotopic (exact) mass is 452 g/mol. The highest BCUT2D eigenvalue weighted by Gasteiger charge is 2.45. The van der Waals surface area contributed by atoms with Gasteiger partial charge in [-0.05, 0) is 68.4 Å². The molecule has 0 saturated heterocycles. The van der Waals surface area contributed by atoms with Gasteiger partial charge in [-0.1, -0.05) is 32.6 Å². The maximum atomic E-state index is 14.6. The lowest BCUT2D eigenvalue weighted by molar-refractivity contribution is -0.275. The minimum atomic E-state index is -5.07. The lowest BCUT2D eigenvalue weighted by Gasteiger charge is -2.39. The standard InChI is InChI=1S/C23H30F6O2/c1-2-3-15-4-6-16(7-5-15)17-8-10-18(11-9-17)22(25,26)30-19-12-13-21(20(24)14-19)31-23(27,28)29/h12-18H,2-11H2,1H3. The summed E-state index contributed by atoms with van der Waals surface area (Å²) >= 11 is 0. The van der Waals surface area contributed by atoms with Gasteiger partial charge in [0.15, 0.2) is 11.6 Å². The number of hydrogen-bond acceptors (Lipinski definition) is 2. The molecule has 0 N–H and O–H groups in total. The van der Waals surface area contributed by atoms with E-state index >= 15 is 0 Å². The van der Waals surface area contributed by atoms with Gasteiger partial charge in [0.2, 0.25) is 0 Å². The van der Waals surface area contributed by atoms with Crippen molar-refractivity contribution in [3.8, 4) is 11.5 Å². The fourth-order valence-corrected chi connectivity index (χ4v) is 5.28. The Balaban J connectivity index is 1.51. The molecule has 1 aromatic carbocycles. The lowest BCUT2D eigenvalue weighted by Crippen LogP contribution is -2.38. The molecule has 0 aliphatic heterocycles. The van der Waals surface area contributed by atoms with Crippen LogP contribution in [0.3, 0.4) is 0 Å². The Morgan fingerprint density at radius 1 is 0.839 bits per heavy atom. The van der Waals surface area contributed by atoms with Crippen LogP contribution in [0.5, 0.6) is 11.5 Å². The summed E-state index contributed by atoms with van der Waals surface area (Å²) in [4.78, 5) is 0. The van der Waals surface area contributed by atoms with Crippen LogP contribution in [-0.4, -0.2) is 12.5 Å². The topological polar surface area (TPSA) is 18.5 Å². The molecule has 8 heteroatoms. The average Bonchev–Trinajstić information content (AvgIpc) is 2.70. The number of alkyl halides is 5. The third-order valence-electron chi connectivity index (χ3n) is 6.89. The van der Waals surface area contributed by atoms with E-state index in [1.807, 2.05) is 0 Å². The highest BCUT2D eigenvalue weighted by atomic mass is 19.4. The fourth-order valence-electron chi connectivity index (χ4n) is 5.28. The minimum absolute atomic E-state index is 0.324. The van der Waals surface area contributed by atoms with Gasteiger partial charge in [-0.15, -0.1) is 13.2 Å². The Hall–Kier alpha value is -1.60. The quantitative estimate of drug-likeness (QED) is 0.389. The molecular formula is C23H30F6O2. The molecule has 176 valence electrons. The molecule has 2 fully saturated rings. The number of halogens is 6. The first-order valence-electron chi connectivity index (χ1n) is 11.2. The van der Waals surface area contributed by atoms with E-state index in [4.69, 9.17) is 4.74 Å². The molecule has 2 aliphatic carbocycles. The largest absolute Gasteiger partial charge is 0.573 e. The second kappa shape index (κ2) is 9.90. The normalized spacial score (nSPS) is 27.7. The van der Waals surface area contributed by atoms with Crippen molar-refractivity contribution in [1.29, 1.82) is 0 Å². The van der Waals surface area contributed by atoms with Gasteiger partial charge in [-0.3, -0.25) is 0 Å². The first-order valence-corrected chi connectivity index (χ1v) is 11.2. The molecular weight excluding hydrogens is 422 g/mol. The number of ether oxygens (including phenoxy) is 2. The van der Waals surface area contributed by atoms with Crippen LogP contribution < -0.4 is 9.47 Å². The molecule has 2 nitrogen and oxygen atoms in total. The molecule has 2 saturated carbocycles. The van der Waals surface area contributed by atoms with Crippen molar-refractivity contribution in [2.45, 2.75) is 83.6 Å². The third-order valence-corrected chi connectivity index (χ3v) is 6.89. The van der Waals surface area contributed by atoms with Gasteiger partial charge in [0.1, 0.15) is 5.75 Å². The lowest BCUT2D eigenvalue weighted by atomic mass is 9.68. The van der Waals surface area contributed by atoms with E-state index < -0.39 is 35.7 Å². The predicted octanol–water partition coefficient (Wildman–Crippen LogP) is 8.11. The van der Waals surface area contributed by atoms with E-state index in [-0.39, 0.29) is 0 Å². The molecule has 0 unspecified atom stereocenters. The highest BCUT2D eigenvalue weighted by molar-refractivity contribution is 5.33. The SMILES string of the molecule is CCCC1CCC(C2CCC(C(F)(F)Oc3ccc(OC(F)(F)F)c(F)c3)CC2)CC1.